The maximum atomic E-state index is 11.6. The van der Waals surface area contributed by atoms with Crippen LogP contribution in [0, 0.1) is 0 Å². The van der Waals surface area contributed by atoms with E-state index in [0.717, 1.165) is 18.4 Å². The van der Waals surface area contributed by atoms with Crippen LogP contribution in [0.15, 0.2) is 23.0 Å². The molecule has 0 radical (unpaired) electrons. The molecule has 0 atom stereocenters. The summed E-state index contributed by atoms with van der Waals surface area (Å²) < 4.78 is 0. The number of imidazole rings is 1. The number of unbranched alkanes of at least 4 members (excludes halogenated alkanes) is 1. The van der Waals surface area contributed by atoms with Crippen LogP contribution >= 0.6 is 11.6 Å². The number of hydrogen-bond donors (Lipinski definition) is 3. The normalized spacial score (nSPS) is 10.7. The van der Waals surface area contributed by atoms with E-state index in [2.05, 4.69) is 15.3 Å². The summed E-state index contributed by atoms with van der Waals surface area (Å²) in [6.45, 7) is 0. The first-order valence-corrected chi connectivity index (χ1v) is 6.30. The van der Waals surface area contributed by atoms with Gasteiger partial charge in [0.15, 0.2) is 0 Å². The van der Waals surface area contributed by atoms with Gasteiger partial charge < -0.3 is 15.3 Å². The Balaban J connectivity index is 2.02. The molecule has 0 aliphatic carbocycles. The maximum Gasteiger partial charge on any atom is 0.323 e. The van der Waals surface area contributed by atoms with Gasteiger partial charge in [0.25, 0.3) is 0 Å². The molecule has 0 saturated heterocycles. The maximum absolute atomic E-state index is 11.6. The fourth-order valence-electron chi connectivity index (χ4n) is 1.71. The summed E-state index contributed by atoms with van der Waals surface area (Å²) in [4.78, 5) is 28.0. The van der Waals surface area contributed by atoms with E-state index in [4.69, 9.17) is 11.6 Å². The molecule has 3 N–H and O–H groups in total. The molecule has 1 aromatic carbocycles. The quantitative estimate of drug-likeness (QED) is 0.574. The smallest absolute Gasteiger partial charge is 0.323 e. The zero-order valence-corrected chi connectivity index (χ0v) is 10.5. The molecule has 1 heterocycles. The van der Waals surface area contributed by atoms with Crippen molar-refractivity contribution in [2.24, 2.45) is 0 Å². The molecule has 0 unspecified atom stereocenters. The third-order valence-corrected chi connectivity index (χ3v) is 2.85. The van der Waals surface area contributed by atoms with Crippen LogP contribution < -0.4 is 11.0 Å². The average Bonchev–Trinajstić information content (AvgIpc) is 2.69. The molecule has 0 aliphatic rings. The van der Waals surface area contributed by atoms with Crippen molar-refractivity contribution >= 4 is 34.2 Å². The van der Waals surface area contributed by atoms with Crippen LogP contribution in [0.4, 0.5) is 5.69 Å². The summed E-state index contributed by atoms with van der Waals surface area (Å²) in [6, 6.07) is 5.24. The average molecular weight is 268 g/mol. The molecular weight excluding hydrogens is 254 g/mol. The number of carbonyl (C=O) groups excluding carboxylic acids is 1. The van der Waals surface area contributed by atoms with Crippen LogP contribution in [0.1, 0.15) is 19.3 Å². The number of nitrogens with one attached hydrogen (secondary N) is 3. The summed E-state index contributed by atoms with van der Waals surface area (Å²) in [5.74, 6) is 0.529. The van der Waals surface area contributed by atoms with Crippen molar-refractivity contribution in [3.8, 4) is 0 Å². The number of alkyl halides is 1. The van der Waals surface area contributed by atoms with Crippen LogP contribution in [0.3, 0.4) is 0 Å². The molecule has 1 amide bonds. The first kappa shape index (κ1) is 12.7. The summed E-state index contributed by atoms with van der Waals surface area (Å²) in [6.07, 6.45) is 2.06. The number of benzene rings is 1. The molecule has 0 saturated carbocycles. The number of aromatic nitrogens is 2. The van der Waals surface area contributed by atoms with Gasteiger partial charge in [0.05, 0.1) is 11.0 Å². The van der Waals surface area contributed by atoms with E-state index < -0.39 is 0 Å². The van der Waals surface area contributed by atoms with Gasteiger partial charge in [-0.15, -0.1) is 11.6 Å². The molecule has 0 spiro atoms. The zero-order valence-electron chi connectivity index (χ0n) is 9.75. The highest BCUT2D eigenvalue weighted by Gasteiger charge is 2.04. The first-order chi connectivity index (χ1) is 8.69. The van der Waals surface area contributed by atoms with Crippen molar-refractivity contribution in [3.05, 3.63) is 28.7 Å². The lowest BCUT2D eigenvalue weighted by atomic mass is 10.2. The predicted molar refractivity (Wildman–Crippen MR) is 72.1 cm³/mol. The minimum Gasteiger partial charge on any atom is -0.326 e. The van der Waals surface area contributed by atoms with E-state index in [1.54, 1.807) is 18.2 Å². The largest absolute Gasteiger partial charge is 0.326 e. The fourth-order valence-corrected chi connectivity index (χ4v) is 1.90. The van der Waals surface area contributed by atoms with E-state index in [0.29, 0.717) is 23.5 Å². The van der Waals surface area contributed by atoms with Crippen LogP contribution in [-0.2, 0) is 4.79 Å². The number of aromatic amines is 2. The number of fused-ring (bicyclic) bond motifs is 1. The molecule has 18 heavy (non-hydrogen) atoms. The van der Waals surface area contributed by atoms with E-state index >= 15 is 0 Å². The Bertz CT molecular complexity index is 603. The Morgan fingerprint density at radius 1 is 1.22 bits per heavy atom. The Morgan fingerprint density at radius 2 is 2.00 bits per heavy atom. The lowest BCUT2D eigenvalue weighted by Crippen LogP contribution is -2.11. The summed E-state index contributed by atoms with van der Waals surface area (Å²) in [5.41, 5.74) is 1.82. The number of amides is 1. The van der Waals surface area contributed by atoms with Gasteiger partial charge in [-0.1, -0.05) is 0 Å². The van der Waals surface area contributed by atoms with Crippen molar-refractivity contribution in [1.29, 1.82) is 0 Å². The van der Waals surface area contributed by atoms with Gasteiger partial charge in [-0.2, -0.15) is 0 Å². The van der Waals surface area contributed by atoms with E-state index in [1.807, 2.05) is 0 Å². The Morgan fingerprint density at radius 3 is 2.78 bits per heavy atom. The van der Waals surface area contributed by atoms with Gasteiger partial charge >= 0.3 is 5.69 Å². The summed E-state index contributed by atoms with van der Waals surface area (Å²) in [7, 11) is 0. The van der Waals surface area contributed by atoms with Gasteiger partial charge in [-0.25, -0.2) is 4.79 Å². The first-order valence-electron chi connectivity index (χ1n) is 5.77. The Labute approximate surface area is 109 Å². The summed E-state index contributed by atoms with van der Waals surface area (Å²) >= 11 is 5.54. The highest BCUT2D eigenvalue weighted by Crippen LogP contribution is 2.15. The van der Waals surface area contributed by atoms with Crippen LogP contribution in [0.25, 0.3) is 11.0 Å². The molecule has 0 aliphatic heterocycles. The molecule has 0 fully saturated rings. The molecule has 6 heteroatoms. The number of rotatable bonds is 5. The molecule has 0 bridgehead atoms. The molecule has 96 valence electrons. The molecule has 5 nitrogen and oxygen atoms in total. The van der Waals surface area contributed by atoms with Gasteiger partial charge in [0.2, 0.25) is 5.91 Å². The molecule has 2 aromatic rings. The number of H-pyrrole nitrogens is 2. The number of hydrogen-bond acceptors (Lipinski definition) is 2. The SMILES string of the molecule is O=C(CCCCCl)Nc1ccc2[nH]c(=O)[nH]c2c1. The molecule has 2 rings (SSSR count). The van der Waals surface area contributed by atoms with Crippen LogP contribution in [0.5, 0.6) is 0 Å². The third kappa shape index (κ3) is 3.13. The fraction of sp³-hybridized carbons (Fsp3) is 0.333. The highest BCUT2D eigenvalue weighted by atomic mass is 35.5. The van der Waals surface area contributed by atoms with Crippen molar-refractivity contribution in [3.63, 3.8) is 0 Å². The number of anilines is 1. The van der Waals surface area contributed by atoms with Gasteiger partial charge in [-0.05, 0) is 31.0 Å². The minimum absolute atomic E-state index is 0.0441. The monoisotopic (exact) mass is 267 g/mol. The van der Waals surface area contributed by atoms with E-state index in [9.17, 15) is 9.59 Å². The molecule has 1 aromatic heterocycles. The topological polar surface area (TPSA) is 77.8 Å². The highest BCUT2D eigenvalue weighted by molar-refractivity contribution is 6.17. The number of carbonyl (C=O) groups is 1. The van der Waals surface area contributed by atoms with Crippen LogP contribution in [0.2, 0.25) is 0 Å². The number of halogens is 1. The van der Waals surface area contributed by atoms with Crippen molar-refractivity contribution in [2.45, 2.75) is 19.3 Å². The third-order valence-electron chi connectivity index (χ3n) is 2.59. The lowest BCUT2D eigenvalue weighted by molar-refractivity contribution is -0.116. The Kier molecular flexibility index (Phi) is 4.04. The van der Waals surface area contributed by atoms with E-state index in [-0.39, 0.29) is 11.6 Å². The van der Waals surface area contributed by atoms with Crippen molar-refractivity contribution < 1.29 is 4.79 Å². The van der Waals surface area contributed by atoms with Crippen LogP contribution in [-0.4, -0.2) is 21.8 Å². The van der Waals surface area contributed by atoms with Gasteiger partial charge in [-0.3, -0.25) is 4.79 Å². The van der Waals surface area contributed by atoms with Crippen molar-refractivity contribution in [1.82, 2.24) is 9.97 Å². The Hall–Kier alpha value is -1.75. The lowest BCUT2D eigenvalue weighted by Gasteiger charge is -2.04. The van der Waals surface area contributed by atoms with Crippen molar-refractivity contribution in [2.75, 3.05) is 11.2 Å². The second-order valence-corrected chi connectivity index (χ2v) is 4.41. The van der Waals surface area contributed by atoms with E-state index in [1.165, 1.54) is 0 Å². The summed E-state index contributed by atoms with van der Waals surface area (Å²) in [5, 5.41) is 2.78. The zero-order chi connectivity index (χ0) is 13.0. The standard InChI is InChI=1S/C12H14ClN3O2/c13-6-2-1-3-11(17)14-8-4-5-9-10(7-8)16-12(18)15-9/h4-5,7H,1-3,6H2,(H,14,17)(H2,15,16,18). The van der Waals surface area contributed by atoms with Gasteiger partial charge in [0, 0.05) is 18.0 Å². The second-order valence-electron chi connectivity index (χ2n) is 4.03. The predicted octanol–water partition coefficient (Wildman–Crippen LogP) is 2.20. The minimum atomic E-state index is -0.254. The van der Waals surface area contributed by atoms with Gasteiger partial charge in [0.1, 0.15) is 0 Å². The molecular formula is C12H14ClN3O2. The second kappa shape index (κ2) is 5.73.